The lowest BCUT2D eigenvalue weighted by molar-refractivity contribution is -0.384. The van der Waals surface area contributed by atoms with Crippen molar-refractivity contribution >= 4 is 71.0 Å². The number of nitro groups is 2. The Kier molecular flexibility index (Phi) is 5.56. The molecule has 0 atom stereocenters. The lowest BCUT2D eigenvalue weighted by Gasteiger charge is -1.95. The molecule has 0 amide bonds. The minimum absolute atomic E-state index is 0.0248. The maximum atomic E-state index is 10.8. The molecule has 0 fully saturated rings. The lowest BCUT2D eigenvalue weighted by atomic mass is 10.2. The summed E-state index contributed by atoms with van der Waals surface area (Å²) in [6.45, 7) is 0. The molecule has 0 spiro atoms. The van der Waals surface area contributed by atoms with Crippen molar-refractivity contribution in [1.29, 1.82) is 0 Å². The molecule has 4 aromatic rings. The summed E-state index contributed by atoms with van der Waals surface area (Å²) < 4.78 is 0.722. The topological polar surface area (TPSA) is 181 Å². The maximum absolute atomic E-state index is 10.8. The Hall–Kier alpha value is -3.39. The molecule has 2 aromatic heterocycles. The number of halogens is 2. The fourth-order valence-electron chi connectivity index (χ4n) is 2.54. The van der Waals surface area contributed by atoms with E-state index in [2.05, 4.69) is 52.3 Å². The van der Waals surface area contributed by atoms with Crippen molar-refractivity contribution in [1.82, 2.24) is 20.4 Å². The van der Waals surface area contributed by atoms with Crippen LogP contribution in [-0.4, -0.2) is 41.3 Å². The van der Waals surface area contributed by atoms with Crippen molar-refractivity contribution in [2.45, 2.75) is 0 Å². The first-order valence-corrected chi connectivity index (χ1v) is 9.11. The van der Waals surface area contributed by atoms with Crippen LogP contribution in [0.15, 0.2) is 39.4 Å². The number of fused-ring (bicyclic) bond motifs is 2. The summed E-state index contributed by atoms with van der Waals surface area (Å²) in [6, 6.07) is 6.24. The third kappa shape index (κ3) is 3.79. The molecule has 2 heterocycles. The number of aromatic amines is 2. The summed E-state index contributed by atoms with van der Waals surface area (Å²) in [5.74, 6) is -1.21. The Balaban J connectivity index is 0.000000169. The Labute approximate surface area is 176 Å². The largest absolute Gasteiger partial charge is 0.477 e. The third-order valence-electron chi connectivity index (χ3n) is 3.78. The van der Waals surface area contributed by atoms with Crippen LogP contribution in [0.25, 0.3) is 21.8 Å². The number of aromatic nitrogens is 4. The van der Waals surface area contributed by atoms with E-state index in [1.54, 1.807) is 12.1 Å². The number of H-pyrrole nitrogens is 2. The minimum Gasteiger partial charge on any atom is -0.477 e. The molecule has 0 saturated carbocycles. The van der Waals surface area contributed by atoms with Gasteiger partial charge in [-0.05, 0) is 56.1 Å². The number of hydrogen-bond acceptors (Lipinski definition) is 7. The molecule has 0 aliphatic carbocycles. The predicted octanol–water partition coefficient (Wildman–Crippen LogP) is 4.17. The second kappa shape index (κ2) is 7.92. The van der Waals surface area contributed by atoms with Gasteiger partial charge in [-0.15, -0.1) is 0 Å². The third-order valence-corrected chi connectivity index (χ3v) is 5.06. The van der Waals surface area contributed by atoms with E-state index in [-0.39, 0.29) is 32.4 Å². The van der Waals surface area contributed by atoms with Gasteiger partial charge in [0, 0.05) is 5.39 Å². The van der Waals surface area contributed by atoms with Gasteiger partial charge in [0.15, 0.2) is 11.2 Å². The average molecular weight is 528 g/mol. The molecule has 0 bridgehead atoms. The Morgan fingerprint density at radius 2 is 1.59 bits per heavy atom. The van der Waals surface area contributed by atoms with Crippen LogP contribution in [0.3, 0.4) is 0 Å². The van der Waals surface area contributed by atoms with Gasteiger partial charge in [0.2, 0.25) is 0 Å². The number of nitrogens with one attached hydrogen (secondary N) is 2. The summed E-state index contributed by atoms with van der Waals surface area (Å²) in [7, 11) is 0. The van der Waals surface area contributed by atoms with Crippen molar-refractivity contribution in [2.75, 3.05) is 0 Å². The molecule has 0 unspecified atom stereocenters. The Bertz CT molecular complexity index is 1280. The van der Waals surface area contributed by atoms with E-state index in [0.29, 0.717) is 15.4 Å². The SMILES string of the molecule is O=C(O)c1[nH]nc2c([N+](=O)[O-])c(Br)ccc12.O=[N+]([O-])c1c(Br)ccc2[nH]ncc12. The van der Waals surface area contributed by atoms with Gasteiger partial charge in [-0.3, -0.25) is 30.4 Å². The second-order valence-electron chi connectivity index (χ2n) is 5.44. The van der Waals surface area contributed by atoms with Crippen LogP contribution in [0, 0.1) is 20.2 Å². The van der Waals surface area contributed by atoms with E-state index in [9.17, 15) is 25.0 Å². The van der Waals surface area contributed by atoms with Crippen molar-refractivity contribution in [3.05, 3.63) is 65.3 Å². The lowest BCUT2D eigenvalue weighted by Crippen LogP contribution is -1.96. The molecule has 4 rings (SSSR count). The number of nitro benzene ring substituents is 2. The van der Waals surface area contributed by atoms with E-state index >= 15 is 0 Å². The van der Waals surface area contributed by atoms with Crippen LogP contribution in [-0.2, 0) is 0 Å². The highest BCUT2D eigenvalue weighted by molar-refractivity contribution is 9.11. The van der Waals surface area contributed by atoms with Crippen LogP contribution < -0.4 is 0 Å². The summed E-state index contributed by atoms with van der Waals surface area (Å²) in [6.07, 6.45) is 1.44. The second-order valence-corrected chi connectivity index (χ2v) is 7.15. The van der Waals surface area contributed by atoms with Gasteiger partial charge in [0.1, 0.15) is 0 Å². The number of carboxylic acid groups (broad SMARTS) is 1. The molecular weight excluding hydrogens is 520 g/mol. The number of carbonyl (C=O) groups is 1. The molecule has 14 heteroatoms. The van der Waals surface area contributed by atoms with Gasteiger partial charge in [-0.25, -0.2) is 4.79 Å². The Morgan fingerprint density at radius 3 is 2.21 bits per heavy atom. The quantitative estimate of drug-likeness (QED) is 0.262. The molecule has 29 heavy (non-hydrogen) atoms. The zero-order valence-corrected chi connectivity index (χ0v) is 17.1. The van der Waals surface area contributed by atoms with Gasteiger partial charge >= 0.3 is 11.7 Å². The molecule has 0 aliphatic heterocycles. The van der Waals surface area contributed by atoms with Crippen LogP contribution in [0.4, 0.5) is 11.4 Å². The number of carboxylic acids is 1. The van der Waals surface area contributed by atoms with Crippen molar-refractivity contribution < 1.29 is 19.7 Å². The maximum Gasteiger partial charge on any atom is 0.354 e. The number of rotatable bonds is 3. The van der Waals surface area contributed by atoms with Gasteiger partial charge in [0.05, 0.1) is 35.9 Å². The van der Waals surface area contributed by atoms with E-state index in [0.717, 1.165) is 0 Å². The molecule has 0 saturated heterocycles. The van der Waals surface area contributed by atoms with Gasteiger partial charge in [-0.1, -0.05) is 0 Å². The number of aromatic carboxylic acids is 1. The molecule has 3 N–H and O–H groups in total. The number of benzene rings is 2. The van der Waals surface area contributed by atoms with Gasteiger partial charge < -0.3 is 5.11 Å². The highest BCUT2D eigenvalue weighted by Gasteiger charge is 2.23. The summed E-state index contributed by atoms with van der Waals surface area (Å²) in [4.78, 5) is 31.2. The fraction of sp³-hybridized carbons (Fsp3) is 0. The minimum atomic E-state index is -1.21. The molecule has 2 aromatic carbocycles. The van der Waals surface area contributed by atoms with E-state index < -0.39 is 15.8 Å². The zero-order valence-electron chi connectivity index (χ0n) is 13.9. The van der Waals surface area contributed by atoms with E-state index in [4.69, 9.17) is 5.11 Å². The standard InChI is InChI=1S/C8H4BrN3O4.C7H4BrN3O2/c9-4-2-1-3-5(7(4)12(15)16)10-11-6(3)8(13)14;8-5-1-2-6-4(3-9-10-6)7(5)11(12)13/h1-2H,(H,10,11)(H,13,14);1-3H,(H,9,10). The van der Waals surface area contributed by atoms with Crippen molar-refractivity contribution in [3.63, 3.8) is 0 Å². The molecule has 0 radical (unpaired) electrons. The molecule has 0 aliphatic rings. The first-order valence-electron chi connectivity index (χ1n) is 7.52. The first-order chi connectivity index (χ1) is 13.7. The molecular formula is C15H8Br2N6O6. The van der Waals surface area contributed by atoms with Gasteiger partial charge in [0.25, 0.3) is 5.69 Å². The predicted molar refractivity (Wildman–Crippen MR) is 108 cm³/mol. The Morgan fingerprint density at radius 1 is 0.966 bits per heavy atom. The van der Waals surface area contributed by atoms with Crippen LogP contribution >= 0.6 is 31.9 Å². The average Bonchev–Trinajstić information content (AvgIpc) is 3.27. The van der Waals surface area contributed by atoms with Crippen LogP contribution in [0.1, 0.15) is 10.5 Å². The van der Waals surface area contributed by atoms with E-state index in [1.165, 1.54) is 18.3 Å². The summed E-state index contributed by atoms with van der Waals surface area (Å²) >= 11 is 6.14. The highest BCUT2D eigenvalue weighted by atomic mass is 79.9. The summed E-state index contributed by atoms with van der Waals surface area (Å²) in [5.41, 5.74) is 0.324. The van der Waals surface area contributed by atoms with Crippen molar-refractivity contribution in [2.24, 2.45) is 0 Å². The smallest absolute Gasteiger partial charge is 0.354 e. The molecule has 12 nitrogen and oxygen atoms in total. The van der Waals surface area contributed by atoms with Gasteiger partial charge in [-0.2, -0.15) is 10.2 Å². The van der Waals surface area contributed by atoms with Crippen molar-refractivity contribution in [3.8, 4) is 0 Å². The van der Waals surface area contributed by atoms with E-state index in [1.807, 2.05) is 0 Å². The monoisotopic (exact) mass is 526 g/mol. The number of nitrogens with zero attached hydrogens (tertiary/aromatic N) is 4. The summed E-state index contributed by atoms with van der Waals surface area (Å²) in [5, 5.41) is 43.3. The highest BCUT2D eigenvalue weighted by Crippen LogP contribution is 2.33. The molecule has 148 valence electrons. The normalized spacial score (nSPS) is 10.6. The first kappa shape index (κ1) is 20.3. The van der Waals surface area contributed by atoms with Crippen LogP contribution in [0.5, 0.6) is 0 Å². The fourth-order valence-corrected chi connectivity index (χ4v) is 3.50. The number of hydrogen-bond donors (Lipinski definition) is 3. The van der Waals surface area contributed by atoms with Crippen LogP contribution in [0.2, 0.25) is 0 Å². The zero-order chi connectivity index (χ0) is 21.3.